The maximum absolute atomic E-state index is 13.9. The largest absolute Gasteiger partial charge is 0.464 e. The minimum Gasteiger partial charge on any atom is -0.464 e. The normalized spacial score (nSPS) is 12.6. The lowest BCUT2D eigenvalue weighted by Crippen LogP contribution is -2.48. The van der Waals surface area contributed by atoms with Crippen LogP contribution in [0.2, 0.25) is 0 Å². The summed E-state index contributed by atoms with van der Waals surface area (Å²) in [4.78, 5) is 37.9. The second-order valence-electron chi connectivity index (χ2n) is 12.1. The third-order valence-electron chi connectivity index (χ3n) is 7.88. The number of nitrogens with one attached hydrogen (secondary N) is 2. The Bertz CT molecular complexity index is 1770. The molecular formula is C37H41N5O4S. The smallest absolute Gasteiger partial charge is 0.254 e. The lowest BCUT2D eigenvalue weighted by molar-refractivity contribution is 0.0784. The average molecular weight is 652 g/mol. The first-order valence-electron chi connectivity index (χ1n) is 15.7. The third kappa shape index (κ3) is 9.22. The Morgan fingerprint density at radius 2 is 1.79 bits per heavy atom. The Morgan fingerprint density at radius 1 is 1.00 bits per heavy atom. The first-order valence-corrected chi connectivity index (χ1v) is 16.6. The molecule has 5 rings (SSSR count). The second kappa shape index (κ2) is 15.8. The van der Waals surface area contributed by atoms with E-state index in [1.165, 1.54) is 11.3 Å². The van der Waals surface area contributed by atoms with Crippen molar-refractivity contribution in [2.45, 2.75) is 58.3 Å². The van der Waals surface area contributed by atoms with E-state index in [1.807, 2.05) is 55.0 Å². The number of thiazole rings is 1. The zero-order valence-electron chi connectivity index (χ0n) is 27.1. The Kier molecular flexibility index (Phi) is 11.3. The predicted molar refractivity (Wildman–Crippen MR) is 184 cm³/mol. The van der Waals surface area contributed by atoms with E-state index < -0.39 is 18.1 Å². The number of aromatic nitrogens is 2. The van der Waals surface area contributed by atoms with Gasteiger partial charge < -0.3 is 25.1 Å². The van der Waals surface area contributed by atoms with Gasteiger partial charge in [0.15, 0.2) is 0 Å². The number of pyridine rings is 1. The van der Waals surface area contributed by atoms with Crippen LogP contribution in [-0.2, 0) is 19.5 Å². The standard InChI is InChI=1S/C37H41N5O4S/c1-24(2)31-13-27(18-38-20-31)19-39-21-33(43)32(14-26-9-6-5-7-10-26)41-36(44)29-15-28(34-11-8-12-46-34)16-30(17-29)37(45)42(4)22-35-40-25(3)23-47-35/h5-13,15-18,20,23-24,32-33,39,43H,14,19,21-22H2,1-4H3,(H,41,44)/t32-,33+/m0/s1. The summed E-state index contributed by atoms with van der Waals surface area (Å²) in [6.45, 7) is 7.29. The van der Waals surface area contributed by atoms with Gasteiger partial charge in [0, 0.05) is 60.3 Å². The lowest BCUT2D eigenvalue weighted by Gasteiger charge is -2.25. The molecule has 3 heterocycles. The monoisotopic (exact) mass is 651 g/mol. The molecule has 0 radical (unpaired) electrons. The van der Waals surface area contributed by atoms with Crippen molar-refractivity contribution in [3.05, 3.63) is 129 Å². The van der Waals surface area contributed by atoms with Crippen LogP contribution in [-0.4, -0.2) is 57.5 Å². The number of carbonyl (C=O) groups is 2. The van der Waals surface area contributed by atoms with Crippen LogP contribution in [0.5, 0.6) is 0 Å². The number of hydrogen-bond acceptors (Lipinski definition) is 8. The van der Waals surface area contributed by atoms with E-state index >= 15 is 0 Å². The molecule has 0 aliphatic heterocycles. The van der Waals surface area contributed by atoms with Crippen molar-refractivity contribution < 1.29 is 19.1 Å². The molecule has 2 aromatic carbocycles. The summed E-state index contributed by atoms with van der Waals surface area (Å²) >= 11 is 1.50. The van der Waals surface area contributed by atoms with Crippen molar-refractivity contribution >= 4 is 23.2 Å². The van der Waals surface area contributed by atoms with E-state index in [9.17, 15) is 14.7 Å². The SMILES string of the molecule is Cc1csc(CN(C)C(=O)c2cc(C(=O)N[C@@H](Cc3ccccc3)[C@H](O)CNCc3cncc(C(C)C)c3)cc(-c3ccco3)c2)n1. The summed E-state index contributed by atoms with van der Waals surface area (Å²) in [5.41, 5.74) is 5.29. The molecule has 0 aliphatic rings. The van der Waals surface area contributed by atoms with Gasteiger partial charge in [-0.15, -0.1) is 11.3 Å². The van der Waals surface area contributed by atoms with Crippen molar-refractivity contribution in [1.82, 2.24) is 25.5 Å². The zero-order chi connectivity index (χ0) is 33.3. The molecule has 244 valence electrons. The average Bonchev–Trinajstić information content (AvgIpc) is 3.76. The van der Waals surface area contributed by atoms with Crippen molar-refractivity contribution in [2.75, 3.05) is 13.6 Å². The predicted octanol–water partition coefficient (Wildman–Crippen LogP) is 5.99. The number of nitrogens with zero attached hydrogens (tertiary/aromatic N) is 3. The first-order chi connectivity index (χ1) is 22.7. The van der Waals surface area contributed by atoms with Gasteiger partial charge in [-0.05, 0) is 66.3 Å². The fourth-order valence-electron chi connectivity index (χ4n) is 5.27. The molecule has 0 fully saturated rings. The van der Waals surface area contributed by atoms with Crippen LogP contribution in [0.3, 0.4) is 0 Å². The molecule has 0 unspecified atom stereocenters. The van der Waals surface area contributed by atoms with Gasteiger partial charge in [0.2, 0.25) is 0 Å². The van der Waals surface area contributed by atoms with Gasteiger partial charge in [0.1, 0.15) is 10.8 Å². The Balaban J connectivity index is 1.35. The molecule has 0 spiro atoms. The minimum absolute atomic E-state index is 0.249. The van der Waals surface area contributed by atoms with Crippen LogP contribution in [0.15, 0.2) is 95.2 Å². The van der Waals surface area contributed by atoms with Crippen LogP contribution in [0.1, 0.15) is 67.9 Å². The quantitative estimate of drug-likeness (QED) is 0.135. The summed E-state index contributed by atoms with van der Waals surface area (Å²) in [5.74, 6) is 0.247. The van der Waals surface area contributed by atoms with Crippen LogP contribution < -0.4 is 10.6 Å². The van der Waals surface area contributed by atoms with Crippen molar-refractivity contribution in [3.63, 3.8) is 0 Å². The van der Waals surface area contributed by atoms with Crippen molar-refractivity contribution in [3.8, 4) is 11.3 Å². The van der Waals surface area contributed by atoms with Crippen LogP contribution in [0, 0.1) is 6.92 Å². The fourth-order valence-corrected chi connectivity index (χ4v) is 6.09. The molecule has 0 bridgehead atoms. The number of benzene rings is 2. The van der Waals surface area contributed by atoms with E-state index in [-0.39, 0.29) is 18.0 Å². The number of hydrogen-bond donors (Lipinski definition) is 3. The number of furan rings is 1. The van der Waals surface area contributed by atoms with Gasteiger partial charge in [0.25, 0.3) is 11.8 Å². The number of aryl methyl sites for hydroxylation is 1. The Morgan fingerprint density at radius 3 is 2.49 bits per heavy atom. The molecule has 9 nitrogen and oxygen atoms in total. The number of amides is 2. The Labute approximate surface area is 279 Å². The van der Waals surface area contributed by atoms with Gasteiger partial charge in [-0.3, -0.25) is 14.6 Å². The van der Waals surface area contributed by atoms with E-state index in [0.29, 0.717) is 42.3 Å². The second-order valence-corrected chi connectivity index (χ2v) is 13.0. The topological polar surface area (TPSA) is 121 Å². The maximum atomic E-state index is 13.9. The summed E-state index contributed by atoms with van der Waals surface area (Å²) in [6, 6.07) is 19.8. The number of aliphatic hydroxyl groups excluding tert-OH is 1. The highest BCUT2D eigenvalue weighted by Crippen LogP contribution is 2.25. The highest BCUT2D eigenvalue weighted by molar-refractivity contribution is 7.09. The number of aliphatic hydroxyl groups is 1. The van der Waals surface area contributed by atoms with Gasteiger partial charge >= 0.3 is 0 Å². The molecule has 3 aromatic heterocycles. The molecule has 0 saturated heterocycles. The van der Waals surface area contributed by atoms with E-state index in [0.717, 1.165) is 27.4 Å². The molecule has 10 heteroatoms. The molecule has 47 heavy (non-hydrogen) atoms. The summed E-state index contributed by atoms with van der Waals surface area (Å²) in [6.07, 6.45) is 4.75. The molecule has 0 aliphatic carbocycles. The van der Waals surface area contributed by atoms with E-state index in [2.05, 4.69) is 40.5 Å². The lowest BCUT2D eigenvalue weighted by atomic mass is 9.99. The first kappa shape index (κ1) is 33.7. The van der Waals surface area contributed by atoms with Crippen molar-refractivity contribution in [1.29, 1.82) is 0 Å². The highest BCUT2D eigenvalue weighted by Gasteiger charge is 2.24. The summed E-state index contributed by atoms with van der Waals surface area (Å²) in [5, 5.41) is 20.5. The molecule has 0 saturated carbocycles. The molecule has 2 atom stereocenters. The van der Waals surface area contributed by atoms with Crippen molar-refractivity contribution in [2.24, 2.45) is 0 Å². The van der Waals surface area contributed by atoms with Gasteiger partial charge in [-0.1, -0.05) is 50.2 Å². The molecule has 2 amide bonds. The van der Waals surface area contributed by atoms with Gasteiger partial charge in [-0.25, -0.2) is 4.98 Å². The summed E-state index contributed by atoms with van der Waals surface area (Å²) < 4.78 is 5.63. The van der Waals surface area contributed by atoms with Gasteiger partial charge in [-0.2, -0.15) is 0 Å². The third-order valence-corrected chi connectivity index (χ3v) is 8.83. The van der Waals surface area contributed by atoms with Crippen LogP contribution >= 0.6 is 11.3 Å². The summed E-state index contributed by atoms with van der Waals surface area (Å²) in [7, 11) is 1.72. The minimum atomic E-state index is -0.900. The van der Waals surface area contributed by atoms with Gasteiger partial charge in [0.05, 0.1) is 25.0 Å². The number of rotatable bonds is 14. The molecular weight excluding hydrogens is 611 g/mol. The molecule has 3 N–H and O–H groups in total. The maximum Gasteiger partial charge on any atom is 0.254 e. The number of carbonyl (C=O) groups excluding carboxylic acids is 2. The van der Waals surface area contributed by atoms with Crippen LogP contribution in [0.25, 0.3) is 11.3 Å². The highest BCUT2D eigenvalue weighted by atomic mass is 32.1. The Hall–Kier alpha value is -4.64. The fraction of sp³-hybridized carbons (Fsp3) is 0.297. The van der Waals surface area contributed by atoms with Crippen LogP contribution in [0.4, 0.5) is 0 Å². The van der Waals surface area contributed by atoms with E-state index in [1.54, 1.807) is 48.5 Å². The van der Waals surface area contributed by atoms with E-state index in [4.69, 9.17) is 4.42 Å². The zero-order valence-corrected chi connectivity index (χ0v) is 28.0. The molecule has 5 aromatic rings.